The van der Waals surface area contributed by atoms with E-state index < -0.39 is 16.1 Å². The number of benzene rings is 1. The molecule has 0 spiro atoms. The fourth-order valence-electron chi connectivity index (χ4n) is 1.52. The van der Waals surface area contributed by atoms with E-state index in [1.165, 1.54) is 11.4 Å². The molecule has 118 valence electrons. The lowest BCUT2D eigenvalue weighted by Crippen LogP contribution is -2.37. The lowest BCUT2D eigenvalue weighted by Gasteiger charge is -2.15. The summed E-state index contributed by atoms with van der Waals surface area (Å²) in [7, 11) is -0.220. The van der Waals surface area contributed by atoms with Gasteiger partial charge in [0.15, 0.2) is 0 Å². The van der Waals surface area contributed by atoms with E-state index in [0.717, 1.165) is 11.8 Å². The minimum atomic E-state index is -3.23. The van der Waals surface area contributed by atoms with Gasteiger partial charge in [0.05, 0.1) is 13.4 Å². The van der Waals surface area contributed by atoms with E-state index in [4.69, 9.17) is 4.74 Å². The van der Waals surface area contributed by atoms with Gasteiger partial charge in [-0.25, -0.2) is 17.5 Å². The number of rotatable bonds is 6. The number of anilines is 1. The summed E-state index contributed by atoms with van der Waals surface area (Å²) in [5.74, 6) is 0.646. The fourth-order valence-corrected chi connectivity index (χ4v) is 1.94. The van der Waals surface area contributed by atoms with Crippen LogP contribution in [-0.4, -0.2) is 52.3 Å². The number of ether oxygens (including phenoxy) is 1. The maximum absolute atomic E-state index is 11.8. The number of nitrogens with one attached hydrogen (secondary N) is 2. The summed E-state index contributed by atoms with van der Waals surface area (Å²) in [5, 5.41) is 5.30. The van der Waals surface area contributed by atoms with Crippen LogP contribution in [0.4, 0.5) is 10.5 Å². The summed E-state index contributed by atoms with van der Waals surface area (Å²) in [6.45, 7) is 2.30. The Morgan fingerprint density at radius 1 is 1.38 bits per heavy atom. The van der Waals surface area contributed by atoms with Gasteiger partial charge in [-0.15, -0.1) is 0 Å². The van der Waals surface area contributed by atoms with Gasteiger partial charge in [0.2, 0.25) is 10.0 Å². The number of methoxy groups -OCH3 is 1. The van der Waals surface area contributed by atoms with Crippen molar-refractivity contribution in [3.8, 4) is 5.75 Å². The molecule has 0 saturated heterocycles. The first-order chi connectivity index (χ1) is 9.74. The summed E-state index contributed by atoms with van der Waals surface area (Å²) < 4.78 is 28.7. The van der Waals surface area contributed by atoms with Gasteiger partial charge >= 0.3 is 6.03 Å². The SMILES string of the molecule is COc1ccc(C)c(NC(=O)NCCN(C)S(C)(=O)=O)c1. The fraction of sp³-hybridized carbons (Fsp3) is 0.462. The van der Waals surface area contributed by atoms with E-state index in [1.54, 1.807) is 19.2 Å². The van der Waals surface area contributed by atoms with Crippen molar-refractivity contribution < 1.29 is 17.9 Å². The van der Waals surface area contributed by atoms with Gasteiger partial charge in [-0.05, 0) is 18.6 Å². The molecule has 0 aliphatic heterocycles. The van der Waals surface area contributed by atoms with Crippen molar-refractivity contribution in [1.82, 2.24) is 9.62 Å². The number of carbonyl (C=O) groups excluding carboxylic acids is 1. The van der Waals surface area contributed by atoms with Crippen molar-refractivity contribution >= 4 is 21.7 Å². The molecule has 1 aromatic rings. The van der Waals surface area contributed by atoms with Crippen LogP contribution in [-0.2, 0) is 10.0 Å². The summed E-state index contributed by atoms with van der Waals surface area (Å²) in [6.07, 6.45) is 1.12. The molecule has 0 radical (unpaired) electrons. The molecule has 1 rings (SSSR count). The lowest BCUT2D eigenvalue weighted by molar-refractivity contribution is 0.251. The van der Waals surface area contributed by atoms with Crippen molar-refractivity contribution in [3.05, 3.63) is 23.8 Å². The Balaban J connectivity index is 2.51. The van der Waals surface area contributed by atoms with Crippen LogP contribution in [0.1, 0.15) is 5.56 Å². The van der Waals surface area contributed by atoms with Gasteiger partial charge in [0, 0.05) is 31.9 Å². The number of aryl methyl sites for hydroxylation is 1. The topological polar surface area (TPSA) is 87.7 Å². The van der Waals surface area contributed by atoms with Crippen LogP contribution in [0.25, 0.3) is 0 Å². The van der Waals surface area contributed by atoms with Gasteiger partial charge in [0.25, 0.3) is 0 Å². The van der Waals surface area contributed by atoms with Crippen LogP contribution in [0.5, 0.6) is 5.75 Å². The molecule has 0 saturated carbocycles. The van der Waals surface area contributed by atoms with Crippen molar-refractivity contribution in [1.29, 1.82) is 0 Å². The predicted molar refractivity (Wildman–Crippen MR) is 82.2 cm³/mol. The second kappa shape index (κ2) is 7.28. The Kier molecular flexibility index (Phi) is 5.98. The molecule has 1 aromatic carbocycles. The highest BCUT2D eigenvalue weighted by Crippen LogP contribution is 2.21. The lowest BCUT2D eigenvalue weighted by atomic mass is 10.2. The van der Waals surface area contributed by atoms with E-state index in [9.17, 15) is 13.2 Å². The Morgan fingerprint density at radius 3 is 2.62 bits per heavy atom. The molecule has 0 aliphatic rings. The predicted octanol–water partition coefficient (Wildman–Crippen LogP) is 1.02. The van der Waals surface area contributed by atoms with Crippen molar-refractivity contribution in [2.24, 2.45) is 0 Å². The van der Waals surface area contributed by atoms with Crippen molar-refractivity contribution in [3.63, 3.8) is 0 Å². The Morgan fingerprint density at radius 2 is 2.05 bits per heavy atom. The number of urea groups is 1. The normalized spacial score (nSPS) is 11.3. The van der Waals surface area contributed by atoms with Gasteiger partial charge < -0.3 is 15.4 Å². The first-order valence-corrected chi connectivity index (χ1v) is 8.19. The summed E-state index contributed by atoms with van der Waals surface area (Å²) in [6, 6.07) is 4.97. The van der Waals surface area contributed by atoms with Gasteiger partial charge in [-0.3, -0.25) is 0 Å². The highest BCUT2D eigenvalue weighted by Gasteiger charge is 2.11. The average Bonchev–Trinajstić information content (AvgIpc) is 2.40. The molecule has 0 unspecified atom stereocenters. The number of amides is 2. The highest BCUT2D eigenvalue weighted by atomic mass is 32.2. The molecule has 2 N–H and O–H groups in total. The van der Waals surface area contributed by atoms with Crippen molar-refractivity contribution in [2.45, 2.75) is 6.92 Å². The smallest absolute Gasteiger partial charge is 0.319 e. The third-order valence-electron chi connectivity index (χ3n) is 2.97. The summed E-state index contributed by atoms with van der Waals surface area (Å²) in [5.41, 5.74) is 1.54. The van der Waals surface area contributed by atoms with Crippen LogP contribution in [0.15, 0.2) is 18.2 Å². The third-order valence-corrected chi connectivity index (χ3v) is 4.29. The van der Waals surface area contributed by atoms with Crippen LogP contribution < -0.4 is 15.4 Å². The minimum absolute atomic E-state index is 0.212. The number of hydrogen-bond acceptors (Lipinski definition) is 4. The van der Waals surface area contributed by atoms with E-state index >= 15 is 0 Å². The Bertz CT molecular complexity index is 601. The molecule has 0 bridgehead atoms. The minimum Gasteiger partial charge on any atom is -0.497 e. The molecule has 0 atom stereocenters. The van der Waals surface area contributed by atoms with Gasteiger partial charge in [0.1, 0.15) is 5.75 Å². The first-order valence-electron chi connectivity index (χ1n) is 6.35. The van der Waals surface area contributed by atoms with E-state index in [1.807, 2.05) is 13.0 Å². The average molecular weight is 315 g/mol. The molecule has 8 heteroatoms. The van der Waals surface area contributed by atoms with Crippen LogP contribution in [0.2, 0.25) is 0 Å². The number of likely N-dealkylation sites (N-methyl/N-ethyl adjacent to an activating group) is 1. The number of nitrogens with zero attached hydrogens (tertiary/aromatic N) is 1. The second-order valence-electron chi connectivity index (χ2n) is 4.65. The van der Waals surface area contributed by atoms with Crippen LogP contribution in [0, 0.1) is 6.92 Å². The molecule has 7 nitrogen and oxygen atoms in total. The highest BCUT2D eigenvalue weighted by molar-refractivity contribution is 7.88. The van der Waals surface area contributed by atoms with Crippen LogP contribution in [0.3, 0.4) is 0 Å². The van der Waals surface area contributed by atoms with Gasteiger partial charge in [-0.2, -0.15) is 0 Å². The number of hydrogen-bond donors (Lipinski definition) is 2. The van der Waals surface area contributed by atoms with E-state index in [-0.39, 0.29) is 13.1 Å². The number of carbonyl (C=O) groups is 1. The van der Waals surface area contributed by atoms with Crippen molar-refractivity contribution in [2.75, 3.05) is 38.8 Å². The van der Waals surface area contributed by atoms with Gasteiger partial charge in [-0.1, -0.05) is 6.07 Å². The largest absolute Gasteiger partial charge is 0.497 e. The van der Waals surface area contributed by atoms with E-state index in [0.29, 0.717) is 11.4 Å². The van der Waals surface area contributed by atoms with E-state index in [2.05, 4.69) is 10.6 Å². The number of sulfonamides is 1. The maximum Gasteiger partial charge on any atom is 0.319 e. The molecule has 0 fully saturated rings. The monoisotopic (exact) mass is 315 g/mol. The maximum atomic E-state index is 11.8. The Hall–Kier alpha value is -1.80. The molecule has 21 heavy (non-hydrogen) atoms. The quantitative estimate of drug-likeness (QED) is 0.820. The zero-order chi connectivity index (χ0) is 16.0. The van der Waals surface area contributed by atoms with Crippen LogP contribution >= 0.6 is 0 Å². The zero-order valence-corrected chi connectivity index (χ0v) is 13.5. The third kappa shape index (κ3) is 5.60. The summed E-state index contributed by atoms with van der Waals surface area (Å²) >= 11 is 0. The standard InChI is InChI=1S/C13H21N3O4S/c1-10-5-6-11(20-3)9-12(10)15-13(17)14-7-8-16(2)21(4,18)19/h5-6,9H,7-8H2,1-4H3,(H2,14,15,17). The molecule has 0 aliphatic carbocycles. The Labute approximate surface area is 125 Å². The molecule has 0 heterocycles. The first kappa shape index (κ1) is 17.3. The zero-order valence-electron chi connectivity index (χ0n) is 12.6. The molecule has 2 amide bonds. The molecular formula is C13H21N3O4S. The second-order valence-corrected chi connectivity index (χ2v) is 6.74. The summed E-state index contributed by atoms with van der Waals surface area (Å²) in [4.78, 5) is 11.8. The molecular weight excluding hydrogens is 294 g/mol. The molecule has 0 aromatic heterocycles.